The predicted molar refractivity (Wildman–Crippen MR) is 56.1 cm³/mol. The van der Waals surface area contributed by atoms with Gasteiger partial charge in [0.05, 0.1) is 11.9 Å². The Hall–Kier alpha value is -1.55. The summed E-state index contributed by atoms with van der Waals surface area (Å²) in [5.74, 6) is 0. The van der Waals surface area contributed by atoms with E-state index in [0.717, 1.165) is 17.0 Å². The average Bonchev–Trinajstić information content (AvgIpc) is 2.74. The average molecular weight is 207 g/mol. The number of allylic oxidation sites excluding steroid dienone is 1. The van der Waals surface area contributed by atoms with Crippen LogP contribution in [-0.4, -0.2) is 4.74 Å². The molecule has 3 nitrogen and oxygen atoms in total. The lowest BCUT2D eigenvalue weighted by atomic mass is 10.3. The molecule has 0 atom stereocenters. The predicted octanol–water partition coefficient (Wildman–Crippen LogP) is 2.22. The van der Waals surface area contributed by atoms with Gasteiger partial charge in [-0.1, -0.05) is 6.08 Å². The molecule has 0 saturated heterocycles. The quantitative estimate of drug-likeness (QED) is 0.723. The van der Waals surface area contributed by atoms with Crippen LogP contribution in [0.1, 0.15) is 4.88 Å². The minimum atomic E-state index is -0.333. The molecule has 0 radical (unpaired) electrons. The van der Waals surface area contributed by atoms with E-state index in [-0.39, 0.29) is 5.63 Å². The number of thiophene rings is 1. The summed E-state index contributed by atoms with van der Waals surface area (Å²) in [6.07, 6.45) is 4.24. The van der Waals surface area contributed by atoms with Crippen molar-refractivity contribution in [1.29, 1.82) is 0 Å². The monoisotopic (exact) mass is 207 g/mol. The first kappa shape index (κ1) is 9.02. The summed E-state index contributed by atoms with van der Waals surface area (Å²) in [4.78, 5) is 12.0. The summed E-state index contributed by atoms with van der Waals surface area (Å²) in [6, 6.07) is 3.32. The number of hydrogen-bond acceptors (Lipinski definition) is 3. The minimum Gasteiger partial charge on any atom is -0.332 e. The fraction of sp³-hybridized carbons (Fsp3) is 0.100. The van der Waals surface area contributed by atoms with E-state index in [4.69, 9.17) is 4.52 Å². The van der Waals surface area contributed by atoms with Crippen molar-refractivity contribution >= 4 is 11.3 Å². The molecule has 72 valence electrons. The lowest BCUT2D eigenvalue weighted by Gasteiger charge is -1.99. The third-order valence-electron chi connectivity index (χ3n) is 1.82. The Morgan fingerprint density at radius 3 is 3.07 bits per heavy atom. The van der Waals surface area contributed by atoms with Crippen molar-refractivity contribution in [3.05, 3.63) is 51.7 Å². The van der Waals surface area contributed by atoms with Crippen LogP contribution in [0, 0.1) is 0 Å². The maximum atomic E-state index is 10.9. The van der Waals surface area contributed by atoms with Gasteiger partial charge in [-0.25, -0.2) is 4.79 Å². The van der Waals surface area contributed by atoms with Gasteiger partial charge in [0.25, 0.3) is 0 Å². The second-order valence-corrected chi connectivity index (χ2v) is 3.77. The molecular formula is C10H9NO2S. The Labute approximate surface area is 84.9 Å². The van der Waals surface area contributed by atoms with Crippen molar-refractivity contribution in [2.24, 2.45) is 0 Å². The zero-order valence-electron chi connectivity index (χ0n) is 7.47. The summed E-state index contributed by atoms with van der Waals surface area (Å²) in [5, 5.41) is 1.97. The molecule has 0 fully saturated rings. The van der Waals surface area contributed by atoms with Crippen LogP contribution in [0.25, 0.3) is 5.69 Å². The van der Waals surface area contributed by atoms with Crippen molar-refractivity contribution in [3.8, 4) is 5.69 Å². The molecule has 0 spiro atoms. The first-order chi connectivity index (χ1) is 6.81. The molecule has 2 heterocycles. The zero-order chi connectivity index (χ0) is 9.97. The maximum Gasteiger partial charge on any atom is 0.358 e. The van der Waals surface area contributed by atoms with Crippen LogP contribution in [0.4, 0.5) is 0 Å². The molecule has 0 aliphatic heterocycles. The lowest BCUT2D eigenvalue weighted by Crippen LogP contribution is -1.94. The molecule has 0 unspecified atom stereocenters. The Morgan fingerprint density at radius 1 is 1.57 bits per heavy atom. The molecule has 14 heavy (non-hydrogen) atoms. The molecule has 0 aromatic carbocycles. The summed E-state index contributed by atoms with van der Waals surface area (Å²) < 4.78 is 6.43. The molecule has 2 aromatic rings. The largest absolute Gasteiger partial charge is 0.358 e. The van der Waals surface area contributed by atoms with Gasteiger partial charge in [0.2, 0.25) is 0 Å². The molecule has 0 saturated carbocycles. The zero-order valence-corrected chi connectivity index (χ0v) is 8.29. The summed E-state index contributed by atoms with van der Waals surface area (Å²) in [6.45, 7) is 3.68. The number of hydrogen-bond donors (Lipinski definition) is 0. The molecule has 0 aliphatic rings. The molecule has 0 amide bonds. The van der Waals surface area contributed by atoms with Crippen molar-refractivity contribution in [1.82, 2.24) is 4.74 Å². The standard InChI is InChI=1S/C10H9NO2S/c1-2-3-9-8(5-7-14-9)11-6-4-10(12)13-11/h2,4-7H,1,3H2. The normalized spacial score (nSPS) is 10.3. The van der Waals surface area contributed by atoms with Gasteiger partial charge < -0.3 is 4.52 Å². The van der Waals surface area contributed by atoms with E-state index in [0.29, 0.717) is 0 Å². The highest BCUT2D eigenvalue weighted by atomic mass is 32.1. The van der Waals surface area contributed by atoms with E-state index in [1.54, 1.807) is 17.5 Å². The van der Waals surface area contributed by atoms with E-state index in [9.17, 15) is 4.79 Å². The third kappa shape index (κ3) is 1.56. The summed E-state index contributed by atoms with van der Waals surface area (Å²) >= 11 is 1.62. The highest BCUT2D eigenvalue weighted by molar-refractivity contribution is 7.10. The summed E-state index contributed by atoms with van der Waals surface area (Å²) in [7, 11) is 0. The van der Waals surface area contributed by atoms with E-state index in [1.807, 2.05) is 17.5 Å². The number of rotatable bonds is 3. The third-order valence-corrected chi connectivity index (χ3v) is 2.76. The van der Waals surface area contributed by atoms with Crippen LogP contribution in [0.15, 0.2) is 45.7 Å². The van der Waals surface area contributed by atoms with Gasteiger partial charge in [-0.15, -0.1) is 17.9 Å². The molecule has 0 aliphatic carbocycles. The first-order valence-electron chi connectivity index (χ1n) is 4.18. The topological polar surface area (TPSA) is 35.1 Å². The summed E-state index contributed by atoms with van der Waals surface area (Å²) in [5.41, 5.74) is 0.581. The number of nitrogens with zero attached hydrogens (tertiary/aromatic N) is 1. The SMILES string of the molecule is C=CCc1sccc1-n1ccc(=O)o1. The van der Waals surface area contributed by atoms with Gasteiger partial charge in [-0.2, -0.15) is 4.74 Å². The van der Waals surface area contributed by atoms with E-state index < -0.39 is 0 Å². The Balaban J connectivity index is 2.45. The van der Waals surface area contributed by atoms with Crippen LogP contribution in [0.3, 0.4) is 0 Å². The van der Waals surface area contributed by atoms with Crippen LogP contribution >= 0.6 is 11.3 Å². The highest BCUT2D eigenvalue weighted by Crippen LogP contribution is 2.21. The van der Waals surface area contributed by atoms with Crippen molar-refractivity contribution in [2.45, 2.75) is 6.42 Å². The minimum absolute atomic E-state index is 0.333. The van der Waals surface area contributed by atoms with Crippen LogP contribution in [0.2, 0.25) is 0 Å². The van der Waals surface area contributed by atoms with Gasteiger partial charge in [0, 0.05) is 17.4 Å². The first-order valence-corrected chi connectivity index (χ1v) is 5.06. The van der Waals surface area contributed by atoms with E-state index in [2.05, 4.69) is 6.58 Å². The van der Waals surface area contributed by atoms with Gasteiger partial charge >= 0.3 is 5.63 Å². The second-order valence-electron chi connectivity index (χ2n) is 2.77. The molecular weight excluding hydrogens is 198 g/mol. The lowest BCUT2D eigenvalue weighted by molar-refractivity contribution is 0.323. The van der Waals surface area contributed by atoms with Crippen LogP contribution in [-0.2, 0) is 6.42 Å². The van der Waals surface area contributed by atoms with Gasteiger partial charge in [0.15, 0.2) is 0 Å². The smallest absolute Gasteiger partial charge is 0.332 e. The van der Waals surface area contributed by atoms with Gasteiger partial charge in [-0.05, 0) is 11.4 Å². The maximum absolute atomic E-state index is 10.9. The molecule has 2 rings (SSSR count). The van der Waals surface area contributed by atoms with Crippen LogP contribution in [0.5, 0.6) is 0 Å². The fourth-order valence-electron chi connectivity index (χ4n) is 1.23. The Kier molecular flexibility index (Phi) is 2.37. The Bertz CT molecular complexity index is 492. The second kappa shape index (κ2) is 3.67. The van der Waals surface area contributed by atoms with Crippen molar-refractivity contribution in [2.75, 3.05) is 0 Å². The highest BCUT2D eigenvalue weighted by Gasteiger charge is 2.06. The van der Waals surface area contributed by atoms with Crippen molar-refractivity contribution < 1.29 is 4.52 Å². The molecule has 4 heteroatoms. The number of aromatic nitrogens is 1. The Morgan fingerprint density at radius 2 is 2.43 bits per heavy atom. The van der Waals surface area contributed by atoms with E-state index >= 15 is 0 Å². The molecule has 0 bridgehead atoms. The fourth-order valence-corrected chi connectivity index (χ4v) is 2.08. The molecule has 0 N–H and O–H groups in total. The van der Waals surface area contributed by atoms with Gasteiger partial charge in [-0.3, -0.25) is 0 Å². The molecule has 2 aromatic heterocycles. The van der Waals surface area contributed by atoms with Gasteiger partial charge in [0.1, 0.15) is 0 Å². The van der Waals surface area contributed by atoms with Crippen molar-refractivity contribution in [3.63, 3.8) is 0 Å². The van der Waals surface area contributed by atoms with Crippen LogP contribution < -0.4 is 5.63 Å². The van der Waals surface area contributed by atoms with E-state index in [1.165, 1.54) is 10.8 Å².